The molecule has 2 saturated carbocycles. The minimum absolute atomic E-state index is 0.0313. The van der Waals surface area contributed by atoms with Crippen LogP contribution in [0.4, 0.5) is 0 Å². The predicted molar refractivity (Wildman–Crippen MR) is 121 cm³/mol. The van der Waals surface area contributed by atoms with Crippen LogP contribution in [0.15, 0.2) is 36.4 Å². The fourth-order valence-corrected chi connectivity index (χ4v) is 5.26. The first-order valence-electron chi connectivity index (χ1n) is 11.8. The molecule has 0 atom stereocenters. The zero-order valence-electron chi connectivity index (χ0n) is 18.3. The second kappa shape index (κ2) is 9.68. The van der Waals surface area contributed by atoms with Crippen LogP contribution in [0.3, 0.4) is 0 Å². The lowest BCUT2D eigenvalue weighted by molar-refractivity contribution is 0.0879. The average molecular weight is 435 g/mol. The van der Waals surface area contributed by atoms with Crippen LogP contribution >= 0.6 is 0 Å². The van der Waals surface area contributed by atoms with Gasteiger partial charge in [-0.15, -0.1) is 0 Å². The van der Waals surface area contributed by atoms with Gasteiger partial charge in [-0.05, 0) is 37.8 Å². The van der Waals surface area contributed by atoms with E-state index >= 15 is 0 Å². The number of hydrogen-bond acceptors (Lipinski definition) is 5. The summed E-state index contributed by atoms with van der Waals surface area (Å²) in [7, 11) is 0. The molecule has 0 bridgehead atoms. The maximum atomic E-state index is 13.6. The summed E-state index contributed by atoms with van der Waals surface area (Å²) >= 11 is 0. The number of benzene rings is 2. The highest BCUT2D eigenvalue weighted by molar-refractivity contribution is 6.21. The van der Waals surface area contributed by atoms with Crippen molar-refractivity contribution in [3.63, 3.8) is 0 Å². The van der Waals surface area contributed by atoms with Crippen molar-refractivity contribution in [3.8, 4) is 11.5 Å². The molecule has 4 rings (SSSR count). The van der Waals surface area contributed by atoms with Gasteiger partial charge in [0.2, 0.25) is 0 Å². The van der Waals surface area contributed by atoms with Crippen molar-refractivity contribution in [1.82, 2.24) is 0 Å². The lowest BCUT2D eigenvalue weighted by Crippen LogP contribution is -2.23. The van der Waals surface area contributed by atoms with Gasteiger partial charge < -0.3 is 10.2 Å². The summed E-state index contributed by atoms with van der Waals surface area (Å²) in [6.07, 6.45) is 9.01. The summed E-state index contributed by atoms with van der Waals surface area (Å²) < 4.78 is 0. The predicted octanol–water partition coefficient (Wildman–Crippen LogP) is 5.85. The molecule has 0 saturated heterocycles. The Morgan fingerprint density at radius 1 is 0.594 bits per heavy atom. The molecule has 0 spiro atoms. The molecule has 0 radical (unpaired) electrons. The van der Waals surface area contributed by atoms with E-state index < -0.39 is 5.78 Å². The Hall–Kier alpha value is -2.95. The molecule has 168 valence electrons. The summed E-state index contributed by atoms with van der Waals surface area (Å²) in [4.78, 5) is 40.2. The number of hydrogen-bond donors (Lipinski definition) is 2. The monoisotopic (exact) mass is 434 g/mol. The van der Waals surface area contributed by atoms with Crippen LogP contribution in [0.5, 0.6) is 11.5 Å². The van der Waals surface area contributed by atoms with Crippen molar-refractivity contribution in [2.24, 2.45) is 11.8 Å². The molecular weight excluding hydrogens is 404 g/mol. The average Bonchev–Trinajstić information content (AvgIpc) is 2.83. The van der Waals surface area contributed by atoms with E-state index in [9.17, 15) is 24.6 Å². The first-order valence-corrected chi connectivity index (χ1v) is 11.8. The highest BCUT2D eigenvalue weighted by Gasteiger charge is 2.32. The van der Waals surface area contributed by atoms with Crippen LogP contribution in [-0.2, 0) is 0 Å². The molecule has 2 N–H and O–H groups in total. The molecule has 2 aromatic rings. The number of carbonyl (C=O) groups excluding carboxylic acids is 3. The van der Waals surface area contributed by atoms with Gasteiger partial charge >= 0.3 is 0 Å². The van der Waals surface area contributed by atoms with E-state index in [0.29, 0.717) is 0 Å². The smallest absolute Gasteiger partial charge is 0.194 e. The Labute approximate surface area is 188 Å². The maximum absolute atomic E-state index is 13.6. The van der Waals surface area contributed by atoms with Gasteiger partial charge in [0.05, 0.1) is 11.1 Å². The van der Waals surface area contributed by atoms with E-state index in [2.05, 4.69) is 0 Å². The minimum atomic E-state index is -0.518. The third kappa shape index (κ3) is 4.34. The maximum Gasteiger partial charge on any atom is 0.194 e. The normalized spacial score (nSPS) is 17.8. The van der Waals surface area contributed by atoms with Gasteiger partial charge in [0.1, 0.15) is 11.5 Å². The van der Waals surface area contributed by atoms with Gasteiger partial charge in [0.25, 0.3) is 0 Å². The van der Waals surface area contributed by atoms with Gasteiger partial charge in [0, 0.05) is 23.0 Å². The van der Waals surface area contributed by atoms with Crippen molar-refractivity contribution in [2.75, 3.05) is 0 Å². The summed E-state index contributed by atoms with van der Waals surface area (Å²) in [5, 5.41) is 21.1. The Morgan fingerprint density at radius 2 is 0.969 bits per heavy atom. The van der Waals surface area contributed by atoms with E-state index in [0.717, 1.165) is 64.2 Å². The Balaban J connectivity index is 1.74. The van der Waals surface area contributed by atoms with Crippen LogP contribution in [0.1, 0.15) is 101 Å². The Bertz CT molecular complexity index is 945. The molecule has 2 aliphatic carbocycles. The number of carbonyl (C=O) groups is 3. The fraction of sp³-hybridized carbons (Fsp3) is 0.444. The van der Waals surface area contributed by atoms with Crippen LogP contribution in [0, 0.1) is 11.8 Å². The third-order valence-corrected chi connectivity index (χ3v) is 7.02. The van der Waals surface area contributed by atoms with Crippen molar-refractivity contribution in [2.45, 2.75) is 64.2 Å². The zero-order chi connectivity index (χ0) is 22.7. The van der Waals surface area contributed by atoms with E-state index in [4.69, 9.17) is 0 Å². The molecule has 0 amide bonds. The van der Waals surface area contributed by atoms with E-state index in [1.807, 2.05) is 0 Å². The first kappa shape index (κ1) is 22.3. The van der Waals surface area contributed by atoms with Gasteiger partial charge in [-0.2, -0.15) is 0 Å². The quantitative estimate of drug-likeness (QED) is 0.556. The number of Topliss-reactive ketones (excluding diaryl/α,β-unsaturated/α-hetero) is 2. The molecule has 5 heteroatoms. The second-order valence-electron chi connectivity index (χ2n) is 9.13. The SMILES string of the molecule is O=C(c1cccc(O)c1C(=O)C1CCCCC1)c1cccc(O)c1C(=O)C1CCCCC1. The largest absolute Gasteiger partial charge is 0.507 e. The zero-order valence-corrected chi connectivity index (χ0v) is 18.3. The van der Waals surface area contributed by atoms with Crippen molar-refractivity contribution in [1.29, 1.82) is 0 Å². The second-order valence-corrected chi connectivity index (χ2v) is 9.13. The molecule has 5 nitrogen and oxygen atoms in total. The van der Waals surface area contributed by atoms with Crippen molar-refractivity contribution in [3.05, 3.63) is 58.7 Å². The first-order chi connectivity index (χ1) is 15.5. The molecular formula is C27H30O5. The summed E-state index contributed by atoms with van der Waals surface area (Å²) in [6.45, 7) is 0. The molecule has 0 unspecified atom stereocenters. The third-order valence-electron chi connectivity index (χ3n) is 7.02. The number of ketones is 3. The Kier molecular flexibility index (Phi) is 6.73. The summed E-state index contributed by atoms with van der Waals surface area (Å²) in [6, 6.07) is 8.96. The number of rotatable bonds is 6. The van der Waals surface area contributed by atoms with Crippen LogP contribution in [-0.4, -0.2) is 27.6 Å². The molecule has 0 aliphatic heterocycles. The topological polar surface area (TPSA) is 91.7 Å². The van der Waals surface area contributed by atoms with Gasteiger partial charge in [0.15, 0.2) is 17.3 Å². The highest BCUT2D eigenvalue weighted by Crippen LogP contribution is 2.35. The van der Waals surface area contributed by atoms with Crippen molar-refractivity contribution >= 4 is 17.3 Å². The molecule has 2 aromatic carbocycles. The van der Waals surface area contributed by atoms with E-state index in [1.54, 1.807) is 0 Å². The van der Waals surface area contributed by atoms with Gasteiger partial charge in [-0.1, -0.05) is 62.8 Å². The van der Waals surface area contributed by atoms with Crippen LogP contribution < -0.4 is 0 Å². The highest BCUT2D eigenvalue weighted by atomic mass is 16.3. The standard InChI is InChI=1S/C27H30O5/c28-21-15-7-13-19(23(21)25(30)17-9-3-1-4-10-17)27(32)20-14-8-16-22(29)24(20)26(31)18-11-5-2-6-12-18/h7-8,13-18,28-29H,1-6,9-12H2. The lowest BCUT2D eigenvalue weighted by atomic mass is 9.80. The molecule has 2 aliphatic rings. The van der Waals surface area contributed by atoms with E-state index in [1.165, 1.54) is 36.4 Å². The molecule has 0 aromatic heterocycles. The molecule has 2 fully saturated rings. The summed E-state index contributed by atoms with van der Waals surface area (Å²) in [5.74, 6) is -1.81. The summed E-state index contributed by atoms with van der Waals surface area (Å²) in [5.41, 5.74) is 0.236. The van der Waals surface area contributed by atoms with Crippen LogP contribution in [0.2, 0.25) is 0 Å². The number of phenolic OH excluding ortho intramolecular Hbond substituents is 2. The Morgan fingerprint density at radius 3 is 1.34 bits per heavy atom. The van der Waals surface area contributed by atoms with Crippen LogP contribution in [0.25, 0.3) is 0 Å². The number of aromatic hydroxyl groups is 2. The van der Waals surface area contributed by atoms with Crippen molar-refractivity contribution < 1.29 is 24.6 Å². The lowest BCUT2D eigenvalue weighted by Gasteiger charge is -2.23. The van der Waals surface area contributed by atoms with Gasteiger partial charge in [-0.3, -0.25) is 14.4 Å². The minimum Gasteiger partial charge on any atom is -0.507 e. The molecule has 32 heavy (non-hydrogen) atoms. The number of phenols is 2. The van der Waals surface area contributed by atoms with Gasteiger partial charge in [-0.25, -0.2) is 0 Å². The fourth-order valence-electron chi connectivity index (χ4n) is 5.26. The molecule has 0 heterocycles. The van der Waals surface area contributed by atoms with E-state index in [-0.39, 0.29) is 57.2 Å².